The second-order valence-corrected chi connectivity index (χ2v) is 5.70. The first-order chi connectivity index (χ1) is 13.2. The predicted octanol–water partition coefficient (Wildman–Crippen LogP) is 2.99. The van der Waals surface area contributed by atoms with Gasteiger partial charge in [0.25, 0.3) is 5.91 Å². The zero-order valence-corrected chi connectivity index (χ0v) is 15.4. The van der Waals surface area contributed by atoms with Gasteiger partial charge < -0.3 is 14.8 Å². The molecule has 7 nitrogen and oxygen atoms in total. The summed E-state index contributed by atoms with van der Waals surface area (Å²) in [5.41, 5.74) is 1.42. The second-order valence-electron chi connectivity index (χ2n) is 5.70. The summed E-state index contributed by atoms with van der Waals surface area (Å²) < 4.78 is 12.9. The molecule has 2 heterocycles. The molecule has 2 aromatic heterocycles. The molecule has 0 bridgehead atoms. The number of imidazole rings is 1. The molecular formula is C20H22N4O3. The molecule has 1 amide bonds. The van der Waals surface area contributed by atoms with E-state index in [4.69, 9.17) is 9.47 Å². The van der Waals surface area contributed by atoms with E-state index in [1.54, 1.807) is 36.9 Å². The second kappa shape index (κ2) is 8.84. The Kier molecular flexibility index (Phi) is 6.04. The maximum atomic E-state index is 12.5. The molecule has 1 N–H and O–H groups in total. The van der Waals surface area contributed by atoms with Crippen LogP contribution < -0.4 is 14.8 Å². The third-order valence-corrected chi connectivity index (χ3v) is 3.84. The lowest BCUT2D eigenvalue weighted by atomic mass is 10.2. The molecule has 0 spiro atoms. The van der Waals surface area contributed by atoms with Crippen molar-refractivity contribution in [2.24, 2.45) is 0 Å². The highest BCUT2D eigenvalue weighted by Gasteiger charge is 2.11. The fourth-order valence-electron chi connectivity index (χ4n) is 2.55. The first-order valence-electron chi connectivity index (χ1n) is 8.82. The van der Waals surface area contributed by atoms with Crippen molar-refractivity contribution < 1.29 is 14.3 Å². The molecule has 0 saturated heterocycles. The van der Waals surface area contributed by atoms with E-state index in [2.05, 4.69) is 15.3 Å². The van der Waals surface area contributed by atoms with Crippen molar-refractivity contribution in [3.05, 3.63) is 66.4 Å². The van der Waals surface area contributed by atoms with E-state index in [0.29, 0.717) is 36.8 Å². The molecule has 0 atom stereocenters. The predicted molar refractivity (Wildman–Crippen MR) is 101 cm³/mol. The molecule has 0 aliphatic rings. The summed E-state index contributed by atoms with van der Waals surface area (Å²) in [5, 5.41) is 2.90. The maximum Gasteiger partial charge on any atom is 0.251 e. The lowest BCUT2D eigenvalue weighted by molar-refractivity contribution is 0.0950. The van der Waals surface area contributed by atoms with E-state index in [-0.39, 0.29) is 5.91 Å². The highest BCUT2D eigenvalue weighted by Crippen LogP contribution is 2.28. The Labute approximate surface area is 158 Å². The van der Waals surface area contributed by atoms with E-state index in [1.165, 1.54) is 0 Å². The van der Waals surface area contributed by atoms with Crippen molar-refractivity contribution >= 4 is 5.91 Å². The van der Waals surface area contributed by atoms with Crippen molar-refractivity contribution in [1.29, 1.82) is 0 Å². The third-order valence-electron chi connectivity index (χ3n) is 3.84. The fourth-order valence-corrected chi connectivity index (χ4v) is 2.55. The van der Waals surface area contributed by atoms with E-state index >= 15 is 0 Å². The Morgan fingerprint density at radius 2 is 1.93 bits per heavy atom. The number of rotatable bonds is 8. The van der Waals surface area contributed by atoms with Crippen LogP contribution in [0.5, 0.6) is 11.5 Å². The summed E-state index contributed by atoms with van der Waals surface area (Å²) in [4.78, 5) is 20.8. The van der Waals surface area contributed by atoms with Gasteiger partial charge in [-0.1, -0.05) is 6.07 Å². The van der Waals surface area contributed by atoms with Gasteiger partial charge in [-0.3, -0.25) is 9.36 Å². The Morgan fingerprint density at radius 3 is 2.59 bits per heavy atom. The zero-order chi connectivity index (χ0) is 19.1. The molecule has 0 aliphatic heterocycles. The van der Waals surface area contributed by atoms with Gasteiger partial charge in [0.15, 0.2) is 11.5 Å². The van der Waals surface area contributed by atoms with Crippen molar-refractivity contribution in [1.82, 2.24) is 19.9 Å². The van der Waals surface area contributed by atoms with Gasteiger partial charge in [0.05, 0.1) is 13.2 Å². The molecule has 1 aromatic carbocycles. The van der Waals surface area contributed by atoms with Crippen LogP contribution in [0.25, 0.3) is 5.82 Å². The Hall–Kier alpha value is -3.35. The topological polar surface area (TPSA) is 78.3 Å². The molecule has 3 aromatic rings. The van der Waals surface area contributed by atoms with Gasteiger partial charge in [-0.25, -0.2) is 9.97 Å². The Balaban J connectivity index is 1.64. The van der Waals surface area contributed by atoms with Gasteiger partial charge in [0.2, 0.25) is 0 Å². The van der Waals surface area contributed by atoms with Gasteiger partial charge in [0.1, 0.15) is 12.1 Å². The summed E-state index contributed by atoms with van der Waals surface area (Å²) >= 11 is 0. The van der Waals surface area contributed by atoms with Crippen molar-refractivity contribution in [3.63, 3.8) is 0 Å². The average Bonchev–Trinajstić information content (AvgIpc) is 3.23. The van der Waals surface area contributed by atoms with Crippen LogP contribution in [0.2, 0.25) is 0 Å². The number of benzene rings is 1. The monoisotopic (exact) mass is 366 g/mol. The van der Waals surface area contributed by atoms with Crippen LogP contribution in [-0.2, 0) is 6.54 Å². The van der Waals surface area contributed by atoms with Gasteiger partial charge in [0, 0.05) is 30.7 Å². The number of pyridine rings is 1. The van der Waals surface area contributed by atoms with Crippen LogP contribution in [0.1, 0.15) is 29.8 Å². The van der Waals surface area contributed by atoms with E-state index < -0.39 is 0 Å². The van der Waals surface area contributed by atoms with Gasteiger partial charge in [-0.05, 0) is 43.7 Å². The Morgan fingerprint density at radius 1 is 1.11 bits per heavy atom. The minimum atomic E-state index is -0.183. The molecule has 7 heteroatoms. The van der Waals surface area contributed by atoms with Gasteiger partial charge in [-0.15, -0.1) is 0 Å². The summed E-state index contributed by atoms with van der Waals surface area (Å²) in [5.74, 6) is 1.79. The van der Waals surface area contributed by atoms with Crippen LogP contribution in [0.4, 0.5) is 0 Å². The molecule has 0 radical (unpaired) electrons. The number of aromatic nitrogens is 3. The number of hydrogen-bond acceptors (Lipinski definition) is 5. The first-order valence-corrected chi connectivity index (χ1v) is 8.82. The van der Waals surface area contributed by atoms with Crippen LogP contribution in [0, 0.1) is 0 Å². The number of nitrogens with zero attached hydrogens (tertiary/aromatic N) is 3. The number of carbonyl (C=O) groups is 1. The smallest absolute Gasteiger partial charge is 0.251 e. The van der Waals surface area contributed by atoms with Crippen molar-refractivity contribution in [2.75, 3.05) is 13.2 Å². The summed E-state index contributed by atoms with van der Waals surface area (Å²) in [6, 6.07) is 8.98. The maximum absolute atomic E-state index is 12.5. The molecule has 0 unspecified atom stereocenters. The fraction of sp³-hybridized carbons (Fsp3) is 0.250. The number of carbonyl (C=O) groups excluding carboxylic acids is 1. The minimum Gasteiger partial charge on any atom is -0.490 e. The zero-order valence-electron chi connectivity index (χ0n) is 15.4. The summed E-state index contributed by atoms with van der Waals surface area (Å²) in [6.45, 7) is 5.21. The number of ether oxygens (including phenoxy) is 2. The largest absolute Gasteiger partial charge is 0.490 e. The molecular weight excluding hydrogens is 344 g/mol. The highest BCUT2D eigenvalue weighted by atomic mass is 16.5. The Bertz CT molecular complexity index is 877. The van der Waals surface area contributed by atoms with Crippen LogP contribution in [-0.4, -0.2) is 33.7 Å². The number of hydrogen-bond donors (Lipinski definition) is 1. The molecule has 140 valence electrons. The van der Waals surface area contributed by atoms with Crippen molar-refractivity contribution in [2.45, 2.75) is 20.4 Å². The number of nitrogens with one attached hydrogen (secondary N) is 1. The standard InChI is InChI=1S/C20H22N4O3/c1-3-26-17-7-6-16(11-18(17)27-4-2)20(25)23-13-15-5-8-19(22-12-15)24-10-9-21-14-24/h5-12,14H,3-4,13H2,1-2H3,(H,23,25). The van der Waals surface area contributed by atoms with Crippen molar-refractivity contribution in [3.8, 4) is 17.3 Å². The molecule has 0 saturated carbocycles. The van der Waals surface area contributed by atoms with Crippen LogP contribution >= 0.6 is 0 Å². The SMILES string of the molecule is CCOc1ccc(C(=O)NCc2ccc(-n3ccnc3)nc2)cc1OCC. The summed E-state index contributed by atoms with van der Waals surface area (Å²) in [7, 11) is 0. The molecule has 3 rings (SSSR count). The van der Waals surface area contributed by atoms with E-state index in [9.17, 15) is 4.79 Å². The first kappa shape index (κ1) is 18.4. The number of amides is 1. The summed E-state index contributed by atoms with van der Waals surface area (Å²) in [6.07, 6.45) is 6.94. The van der Waals surface area contributed by atoms with E-state index in [1.807, 2.05) is 36.7 Å². The van der Waals surface area contributed by atoms with Crippen LogP contribution in [0.3, 0.4) is 0 Å². The lowest BCUT2D eigenvalue weighted by Gasteiger charge is -2.12. The quantitative estimate of drug-likeness (QED) is 0.663. The normalized spacial score (nSPS) is 10.4. The average molecular weight is 366 g/mol. The van der Waals surface area contributed by atoms with Gasteiger partial charge in [-0.2, -0.15) is 0 Å². The minimum absolute atomic E-state index is 0.183. The third kappa shape index (κ3) is 4.63. The molecule has 0 fully saturated rings. The van der Waals surface area contributed by atoms with Gasteiger partial charge >= 0.3 is 0 Å². The molecule has 0 aliphatic carbocycles. The molecule has 27 heavy (non-hydrogen) atoms. The van der Waals surface area contributed by atoms with Crippen LogP contribution in [0.15, 0.2) is 55.2 Å². The highest BCUT2D eigenvalue weighted by molar-refractivity contribution is 5.94. The van der Waals surface area contributed by atoms with E-state index in [0.717, 1.165) is 11.4 Å². The lowest BCUT2D eigenvalue weighted by Crippen LogP contribution is -2.23.